The summed E-state index contributed by atoms with van der Waals surface area (Å²) in [6.07, 6.45) is 2.38. The summed E-state index contributed by atoms with van der Waals surface area (Å²) in [5.41, 5.74) is 2.59. The first-order valence-corrected chi connectivity index (χ1v) is 8.64. The lowest BCUT2D eigenvalue weighted by Gasteiger charge is -2.27. The van der Waals surface area contributed by atoms with Crippen molar-refractivity contribution in [2.24, 2.45) is 11.8 Å². The fraction of sp³-hybridized carbons (Fsp3) is 0.462. The molecule has 0 aromatic heterocycles. The van der Waals surface area contributed by atoms with Crippen LogP contribution in [-0.2, 0) is 10.0 Å². The molecule has 0 radical (unpaired) electrons. The van der Waals surface area contributed by atoms with Crippen LogP contribution in [0.15, 0.2) is 29.2 Å². The molecule has 2 unspecified atom stereocenters. The topological polar surface area (TPSA) is 78.5 Å². The summed E-state index contributed by atoms with van der Waals surface area (Å²) in [4.78, 5) is 11.8. The molecular weight excluding hydrogens is 314 g/mol. The molecule has 0 spiro atoms. The van der Waals surface area contributed by atoms with Gasteiger partial charge < -0.3 is 0 Å². The Hall–Kier alpha value is -1.31. The zero-order chi connectivity index (χ0) is 15.0. The molecule has 1 aromatic carbocycles. The number of carbonyl (C=O) groups is 1. The number of halogens is 1. The largest absolute Gasteiger partial charge is 0.343 e. The number of carbonyl (C=O) groups excluding carboxylic acids is 1. The van der Waals surface area contributed by atoms with Gasteiger partial charge in [-0.15, -0.1) is 0 Å². The Labute approximate surface area is 128 Å². The van der Waals surface area contributed by atoms with Crippen molar-refractivity contribution in [3.8, 4) is 0 Å². The highest BCUT2D eigenvalue weighted by molar-refractivity contribution is 7.90. The van der Waals surface area contributed by atoms with Crippen molar-refractivity contribution < 1.29 is 13.2 Å². The van der Waals surface area contributed by atoms with Gasteiger partial charge in [-0.25, -0.2) is 22.9 Å². The predicted molar refractivity (Wildman–Crippen MR) is 78.1 cm³/mol. The molecule has 3 rings (SSSR count). The van der Waals surface area contributed by atoms with Gasteiger partial charge in [-0.05, 0) is 48.9 Å². The molecule has 1 saturated heterocycles. The molecular formula is C13H16ClN3O3S. The van der Waals surface area contributed by atoms with Crippen LogP contribution in [0.5, 0.6) is 0 Å². The van der Waals surface area contributed by atoms with Gasteiger partial charge in [-0.1, -0.05) is 11.6 Å². The Kier molecular flexibility index (Phi) is 3.81. The number of sulfonamides is 1. The number of urea groups is 1. The Morgan fingerprint density at radius 1 is 1.14 bits per heavy atom. The number of nitrogens with one attached hydrogen (secondary N) is 2. The van der Waals surface area contributed by atoms with Gasteiger partial charge in [0, 0.05) is 18.1 Å². The lowest BCUT2D eigenvalue weighted by Crippen LogP contribution is -2.47. The van der Waals surface area contributed by atoms with Crippen molar-refractivity contribution in [1.82, 2.24) is 15.2 Å². The lowest BCUT2D eigenvalue weighted by molar-refractivity contribution is 0.199. The third kappa shape index (κ3) is 3.14. The minimum atomic E-state index is -3.88. The van der Waals surface area contributed by atoms with Crippen molar-refractivity contribution in [3.05, 3.63) is 29.3 Å². The zero-order valence-electron chi connectivity index (χ0n) is 11.3. The molecule has 8 heteroatoms. The molecule has 1 aliphatic heterocycles. The molecule has 2 fully saturated rings. The summed E-state index contributed by atoms with van der Waals surface area (Å²) in [6, 6.07) is 4.91. The number of hydrogen-bond acceptors (Lipinski definition) is 4. The molecule has 1 saturated carbocycles. The van der Waals surface area contributed by atoms with Crippen LogP contribution in [0.25, 0.3) is 0 Å². The summed E-state index contributed by atoms with van der Waals surface area (Å²) >= 11 is 5.71. The van der Waals surface area contributed by atoms with Gasteiger partial charge in [0.05, 0.1) is 4.90 Å². The third-order valence-corrected chi connectivity index (χ3v) is 5.69. The normalized spacial score (nSPS) is 25.0. The Bertz CT molecular complexity index is 635. The van der Waals surface area contributed by atoms with Crippen LogP contribution in [-0.4, -0.2) is 32.5 Å². The van der Waals surface area contributed by atoms with E-state index in [4.69, 9.17) is 11.6 Å². The molecule has 0 bridgehead atoms. The molecule has 1 heterocycles. The zero-order valence-corrected chi connectivity index (χ0v) is 12.8. The number of hydrogen-bond donors (Lipinski definition) is 2. The molecule has 6 nitrogen and oxygen atoms in total. The number of amides is 2. The van der Waals surface area contributed by atoms with E-state index in [0.29, 0.717) is 16.9 Å². The molecule has 2 N–H and O–H groups in total. The smallest absolute Gasteiger partial charge is 0.270 e. The Balaban J connectivity index is 1.59. The maximum absolute atomic E-state index is 12.0. The van der Waals surface area contributed by atoms with Gasteiger partial charge in [-0.3, -0.25) is 5.43 Å². The molecule has 1 aromatic rings. The van der Waals surface area contributed by atoms with Gasteiger partial charge in [0.15, 0.2) is 0 Å². The highest BCUT2D eigenvalue weighted by Gasteiger charge is 2.39. The first-order chi connectivity index (χ1) is 9.94. The minimum Gasteiger partial charge on any atom is -0.270 e. The van der Waals surface area contributed by atoms with Crippen LogP contribution in [0.3, 0.4) is 0 Å². The maximum Gasteiger partial charge on any atom is 0.343 e. The van der Waals surface area contributed by atoms with E-state index < -0.39 is 16.1 Å². The predicted octanol–water partition coefficient (Wildman–Crippen LogP) is 1.58. The van der Waals surface area contributed by atoms with Gasteiger partial charge in [0.25, 0.3) is 10.0 Å². The molecule has 1 aliphatic carbocycles. The average molecular weight is 330 g/mol. The van der Waals surface area contributed by atoms with E-state index in [-0.39, 0.29) is 4.90 Å². The minimum absolute atomic E-state index is 0.00328. The summed E-state index contributed by atoms with van der Waals surface area (Å²) in [5, 5.41) is 2.22. The highest BCUT2D eigenvalue weighted by atomic mass is 35.5. The van der Waals surface area contributed by atoms with Crippen molar-refractivity contribution in [2.45, 2.75) is 17.7 Å². The standard InChI is InChI=1S/C13H16ClN3O3S/c14-11-3-5-12(6-4-11)21(19,20)16-13(18)15-17-7-9-1-2-10(9)8-17/h3-6,9-10H,1-2,7-8H2,(H2,15,16,18). The summed E-state index contributed by atoms with van der Waals surface area (Å²) in [5.74, 6) is 1.27. The first kappa shape index (κ1) is 14.6. The monoisotopic (exact) mass is 329 g/mol. The van der Waals surface area contributed by atoms with Gasteiger partial charge in [0.1, 0.15) is 0 Å². The number of rotatable bonds is 3. The summed E-state index contributed by atoms with van der Waals surface area (Å²) < 4.78 is 26.1. The fourth-order valence-corrected chi connectivity index (χ4v) is 3.84. The number of benzene rings is 1. The van der Waals surface area contributed by atoms with E-state index in [1.807, 2.05) is 4.72 Å². The second-order valence-corrected chi connectivity index (χ2v) is 7.62. The average Bonchev–Trinajstić information content (AvgIpc) is 2.65. The van der Waals surface area contributed by atoms with Crippen molar-refractivity contribution in [1.29, 1.82) is 0 Å². The Morgan fingerprint density at radius 3 is 2.24 bits per heavy atom. The van der Waals surface area contributed by atoms with E-state index in [1.54, 1.807) is 5.01 Å². The summed E-state index contributed by atoms with van der Waals surface area (Å²) in [7, 11) is -3.88. The van der Waals surface area contributed by atoms with E-state index in [2.05, 4.69) is 5.43 Å². The van der Waals surface area contributed by atoms with Crippen molar-refractivity contribution in [2.75, 3.05) is 13.1 Å². The van der Waals surface area contributed by atoms with Gasteiger partial charge in [-0.2, -0.15) is 0 Å². The molecule has 2 amide bonds. The van der Waals surface area contributed by atoms with Crippen molar-refractivity contribution in [3.63, 3.8) is 0 Å². The van der Waals surface area contributed by atoms with E-state index >= 15 is 0 Å². The third-order valence-electron chi connectivity index (χ3n) is 4.10. The van der Waals surface area contributed by atoms with Crippen LogP contribution in [0, 0.1) is 11.8 Å². The van der Waals surface area contributed by atoms with E-state index in [0.717, 1.165) is 13.1 Å². The second kappa shape index (κ2) is 5.47. The van der Waals surface area contributed by atoms with Crippen LogP contribution < -0.4 is 10.1 Å². The van der Waals surface area contributed by atoms with Crippen LogP contribution in [0.2, 0.25) is 5.02 Å². The highest BCUT2D eigenvalue weighted by Crippen LogP contribution is 2.39. The SMILES string of the molecule is O=C(NN1CC2CCC2C1)NS(=O)(=O)c1ccc(Cl)cc1. The lowest BCUT2D eigenvalue weighted by atomic mass is 9.77. The fourth-order valence-electron chi connectivity index (χ4n) is 2.81. The van der Waals surface area contributed by atoms with Gasteiger partial charge >= 0.3 is 6.03 Å². The van der Waals surface area contributed by atoms with Crippen LogP contribution in [0.1, 0.15) is 12.8 Å². The Morgan fingerprint density at radius 2 is 1.71 bits per heavy atom. The molecule has 114 valence electrons. The van der Waals surface area contributed by atoms with Crippen LogP contribution >= 0.6 is 11.6 Å². The molecule has 2 atom stereocenters. The quantitative estimate of drug-likeness (QED) is 0.882. The van der Waals surface area contributed by atoms with Gasteiger partial charge in [0.2, 0.25) is 0 Å². The van der Waals surface area contributed by atoms with Crippen molar-refractivity contribution >= 4 is 27.7 Å². The number of nitrogens with zero attached hydrogens (tertiary/aromatic N) is 1. The van der Waals surface area contributed by atoms with E-state index in [9.17, 15) is 13.2 Å². The van der Waals surface area contributed by atoms with Crippen LogP contribution in [0.4, 0.5) is 4.79 Å². The summed E-state index contributed by atoms with van der Waals surface area (Å²) in [6.45, 7) is 1.58. The molecule has 2 aliphatic rings. The first-order valence-electron chi connectivity index (χ1n) is 6.78. The maximum atomic E-state index is 12.0. The number of hydrazine groups is 1. The second-order valence-electron chi connectivity index (χ2n) is 5.50. The number of fused-ring (bicyclic) bond motifs is 1. The molecule has 21 heavy (non-hydrogen) atoms. The van der Waals surface area contributed by atoms with E-state index in [1.165, 1.54) is 37.1 Å².